The van der Waals surface area contributed by atoms with Crippen LogP contribution in [0.2, 0.25) is 5.02 Å². The molecular weight excluding hydrogens is 447 g/mol. The van der Waals surface area contributed by atoms with Gasteiger partial charge >= 0.3 is 0 Å². The van der Waals surface area contributed by atoms with Gasteiger partial charge in [0, 0.05) is 24.0 Å². The maximum Gasteiger partial charge on any atom is 0.266 e. The molecule has 0 spiro atoms. The summed E-state index contributed by atoms with van der Waals surface area (Å²) >= 11 is 7.49. The van der Waals surface area contributed by atoms with Gasteiger partial charge in [-0.05, 0) is 50.3 Å². The second kappa shape index (κ2) is 7.62. The van der Waals surface area contributed by atoms with Gasteiger partial charge in [0.25, 0.3) is 10.0 Å². The van der Waals surface area contributed by atoms with Crippen LogP contribution in [0.3, 0.4) is 0 Å². The highest BCUT2D eigenvalue weighted by Crippen LogP contribution is 2.47. The van der Waals surface area contributed by atoms with Crippen LogP contribution in [0.1, 0.15) is 38.8 Å². The van der Waals surface area contributed by atoms with Crippen molar-refractivity contribution in [3.05, 3.63) is 34.0 Å². The number of hydrogen-bond acceptors (Lipinski definition) is 6. The molecule has 0 radical (unpaired) electrons. The van der Waals surface area contributed by atoms with Crippen LogP contribution in [0.15, 0.2) is 22.4 Å². The number of nitrogens with one attached hydrogen (secondary N) is 2. The molecule has 0 saturated carbocycles. The summed E-state index contributed by atoms with van der Waals surface area (Å²) in [5.74, 6) is -0.852. The minimum absolute atomic E-state index is 0.0400. The summed E-state index contributed by atoms with van der Waals surface area (Å²) in [5.41, 5.74) is 1.38. The maximum absolute atomic E-state index is 14.8. The molecule has 164 valence electrons. The highest BCUT2D eigenvalue weighted by molar-refractivity contribution is 7.93. The van der Waals surface area contributed by atoms with Crippen molar-refractivity contribution in [1.82, 2.24) is 9.88 Å². The van der Waals surface area contributed by atoms with Crippen LogP contribution in [0.25, 0.3) is 0 Å². The Kier molecular flexibility index (Phi) is 5.53. The summed E-state index contributed by atoms with van der Waals surface area (Å²) in [5, 5.41) is 5.36. The Balaban J connectivity index is 1.53. The van der Waals surface area contributed by atoms with E-state index in [-0.39, 0.29) is 21.1 Å². The second-order valence-corrected chi connectivity index (χ2v) is 12.0. The van der Waals surface area contributed by atoms with Gasteiger partial charge in [-0.15, -0.1) is 11.3 Å². The van der Waals surface area contributed by atoms with Gasteiger partial charge in [0.1, 0.15) is 10.7 Å². The molecule has 2 aliphatic heterocycles. The first-order chi connectivity index (χ1) is 14.0. The van der Waals surface area contributed by atoms with E-state index in [0.717, 1.165) is 49.8 Å². The van der Waals surface area contributed by atoms with Gasteiger partial charge < -0.3 is 5.32 Å². The van der Waals surface area contributed by atoms with Crippen molar-refractivity contribution in [1.29, 1.82) is 0 Å². The molecule has 0 unspecified atom stereocenters. The van der Waals surface area contributed by atoms with Crippen LogP contribution in [-0.4, -0.2) is 43.5 Å². The van der Waals surface area contributed by atoms with E-state index in [1.807, 2.05) is 0 Å². The van der Waals surface area contributed by atoms with Crippen molar-refractivity contribution < 1.29 is 12.8 Å². The van der Waals surface area contributed by atoms with Gasteiger partial charge in [0.2, 0.25) is 0 Å². The van der Waals surface area contributed by atoms with Gasteiger partial charge in [0.05, 0.1) is 16.4 Å². The SMILES string of the molecule is Cc1csc(NS(=O)(=O)c2cc(Cl)c(NC[C@@]34CCCN3CC(C)(C)C4)cc2F)n1. The number of rotatable bonds is 6. The lowest BCUT2D eigenvalue weighted by atomic mass is 9.82. The van der Waals surface area contributed by atoms with Crippen molar-refractivity contribution in [3.8, 4) is 0 Å². The van der Waals surface area contributed by atoms with E-state index in [1.165, 1.54) is 6.07 Å². The first-order valence-corrected chi connectivity index (χ1v) is 12.7. The Morgan fingerprint density at radius 3 is 2.83 bits per heavy atom. The second-order valence-electron chi connectivity index (χ2n) is 9.11. The molecule has 2 aromatic rings. The van der Waals surface area contributed by atoms with E-state index in [4.69, 9.17) is 11.6 Å². The summed E-state index contributed by atoms with van der Waals surface area (Å²) < 4.78 is 42.3. The summed E-state index contributed by atoms with van der Waals surface area (Å²) in [7, 11) is -4.13. The molecule has 2 aliphatic rings. The number of sulfonamides is 1. The first kappa shape index (κ1) is 21.8. The molecule has 0 amide bonds. The molecule has 6 nitrogen and oxygen atoms in total. The molecule has 1 aromatic carbocycles. The van der Waals surface area contributed by atoms with Gasteiger partial charge in [-0.3, -0.25) is 9.62 Å². The molecule has 1 atom stereocenters. The number of benzene rings is 1. The number of nitrogens with zero attached hydrogens (tertiary/aromatic N) is 2. The van der Waals surface area contributed by atoms with E-state index >= 15 is 0 Å². The Labute approximate surface area is 185 Å². The Bertz CT molecular complexity index is 1070. The number of hydrogen-bond donors (Lipinski definition) is 2. The molecule has 4 rings (SSSR count). The lowest BCUT2D eigenvalue weighted by Gasteiger charge is -2.33. The van der Waals surface area contributed by atoms with Crippen LogP contribution >= 0.6 is 22.9 Å². The van der Waals surface area contributed by atoms with E-state index in [9.17, 15) is 12.8 Å². The number of aromatic nitrogens is 1. The molecule has 1 aromatic heterocycles. The fraction of sp³-hybridized carbons (Fsp3) is 0.550. The molecule has 2 N–H and O–H groups in total. The normalized spacial score (nSPS) is 23.5. The monoisotopic (exact) mass is 472 g/mol. The summed E-state index contributed by atoms with van der Waals surface area (Å²) in [6, 6.07) is 2.32. The third-order valence-electron chi connectivity index (χ3n) is 5.93. The van der Waals surface area contributed by atoms with Crippen molar-refractivity contribution >= 4 is 43.8 Å². The topological polar surface area (TPSA) is 74.3 Å². The molecule has 2 fully saturated rings. The van der Waals surface area contributed by atoms with Crippen LogP contribution in [0.4, 0.5) is 15.2 Å². The number of anilines is 2. The van der Waals surface area contributed by atoms with Gasteiger partial charge in [-0.2, -0.15) is 0 Å². The average Bonchev–Trinajstić information content (AvgIpc) is 3.26. The van der Waals surface area contributed by atoms with E-state index in [2.05, 4.69) is 33.8 Å². The zero-order valence-electron chi connectivity index (χ0n) is 17.3. The lowest BCUT2D eigenvalue weighted by molar-refractivity contribution is 0.209. The molecule has 0 bridgehead atoms. The molecule has 30 heavy (non-hydrogen) atoms. The number of thiazole rings is 1. The average molecular weight is 473 g/mol. The summed E-state index contributed by atoms with van der Waals surface area (Å²) in [6.07, 6.45) is 3.31. The van der Waals surface area contributed by atoms with Crippen LogP contribution < -0.4 is 10.0 Å². The smallest absolute Gasteiger partial charge is 0.266 e. The Morgan fingerprint density at radius 1 is 1.37 bits per heavy atom. The highest BCUT2D eigenvalue weighted by Gasteiger charge is 2.51. The molecule has 10 heteroatoms. The third-order valence-corrected chi connectivity index (χ3v) is 8.60. The number of fused-ring (bicyclic) bond motifs is 1. The van der Waals surface area contributed by atoms with Gasteiger partial charge in [0.15, 0.2) is 5.13 Å². The van der Waals surface area contributed by atoms with Crippen LogP contribution in [0.5, 0.6) is 0 Å². The predicted octanol–water partition coefficient (Wildman–Crippen LogP) is 4.72. The highest BCUT2D eigenvalue weighted by atomic mass is 35.5. The maximum atomic E-state index is 14.8. The minimum atomic E-state index is -4.13. The Hall–Kier alpha value is -1.42. The summed E-state index contributed by atoms with van der Waals surface area (Å²) in [6.45, 7) is 9.08. The van der Waals surface area contributed by atoms with Crippen molar-refractivity contribution in [3.63, 3.8) is 0 Å². The molecule has 3 heterocycles. The molecule has 0 aliphatic carbocycles. The van der Waals surface area contributed by atoms with Crippen LogP contribution in [0, 0.1) is 18.2 Å². The standard InChI is InChI=1S/C20H26ClFN4O2S2/c1-13-9-29-18(24-13)25-30(27,28)17-7-14(21)16(8-15(17)22)23-11-20-5-4-6-26(20)12-19(2,3)10-20/h7-9,23H,4-6,10-12H2,1-3H3,(H,24,25)/t20-/m0/s1. The predicted molar refractivity (Wildman–Crippen MR) is 119 cm³/mol. The summed E-state index contributed by atoms with van der Waals surface area (Å²) in [4.78, 5) is 6.09. The van der Waals surface area contributed by atoms with Crippen LogP contribution in [-0.2, 0) is 10.0 Å². The largest absolute Gasteiger partial charge is 0.382 e. The fourth-order valence-electron chi connectivity index (χ4n) is 4.87. The molecular formula is C20H26ClFN4O2S2. The quantitative estimate of drug-likeness (QED) is 0.636. The first-order valence-electron chi connectivity index (χ1n) is 9.93. The van der Waals surface area contributed by atoms with Crippen molar-refractivity contribution in [2.24, 2.45) is 5.41 Å². The third kappa shape index (κ3) is 4.17. The lowest BCUT2D eigenvalue weighted by Crippen LogP contribution is -2.44. The van der Waals surface area contributed by atoms with Crippen molar-refractivity contribution in [2.45, 2.75) is 50.5 Å². The fourth-order valence-corrected chi connectivity index (χ4v) is 7.19. The zero-order chi connectivity index (χ0) is 21.7. The van der Waals surface area contributed by atoms with Crippen molar-refractivity contribution in [2.75, 3.05) is 29.7 Å². The van der Waals surface area contributed by atoms with E-state index in [1.54, 1.807) is 12.3 Å². The number of halogens is 2. The number of aryl methyl sites for hydroxylation is 1. The Morgan fingerprint density at radius 2 is 2.13 bits per heavy atom. The van der Waals surface area contributed by atoms with E-state index in [0.29, 0.717) is 17.9 Å². The molecule has 2 saturated heterocycles. The van der Waals surface area contributed by atoms with Gasteiger partial charge in [-0.25, -0.2) is 17.8 Å². The zero-order valence-corrected chi connectivity index (χ0v) is 19.6. The van der Waals surface area contributed by atoms with E-state index < -0.39 is 20.7 Å². The van der Waals surface area contributed by atoms with Gasteiger partial charge in [-0.1, -0.05) is 25.4 Å². The minimum Gasteiger partial charge on any atom is -0.382 e.